The van der Waals surface area contributed by atoms with Crippen molar-refractivity contribution in [3.63, 3.8) is 0 Å². The summed E-state index contributed by atoms with van der Waals surface area (Å²) in [4.78, 5) is 11.8. The SMILES string of the molecule is CC(Oc1cccc(Br)c1)C(=O)NC1CC(O)C1. The van der Waals surface area contributed by atoms with E-state index in [1.165, 1.54) is 0 Å². The Balaban J connectivity index is 1.83. The number of hydrogen-bond acceptors (Lipinski definition) is 3. The van der Waals surface area contributed by atoms with Crippen LogP contribution in [0, 0.1) is 0 Å². The highest BCUT2D eigenvalue weighted by Gasteiger charge is 2.29. The summed E-state index contributed by atoms with van der Waals surface area (Å²) >= 11 is 3.35. The van der Waals surface area contributed by atoms with E-state index in [-0.39, 0.29) is 18.1 Å². The Morgan fingerprint density at radius 2 is 2.28 bits per heavy atom. The van der Waals surface area contributed by atoms with Crippen molar-refractivity contribution in [2.24, 2.45) is 0 Å². The zero-order chi connectivity index (χ0) is 13.1. The molecule has 1 unspecified atom stereocenters. The summed E-state index contributed by atoms with van der Waals surface area (Å²) in [5.74, 6) is 0.507. The van der Waals surface area contributed by atoms with Crippen molar-refractivity contribution in [1.29, 1.82) is 0 Å². The van der Waals surface area contributed by atoms with E-state index < -0.39 is 6.10 Å². The summed E-state index contributed by atoms with van der Waals surface area (Å²) in [5, 5.41) is 12.0. The van der Waals surface area contributed by atoms with Gasteiger partial charge in [0.25, 0.3) is 5.91 Å². The van der Waals surface area contributed by atoms with Crippen LogP contribution >= 0.6 is 15.9 Å². The van der Waals surface area contributed by atoms with Gasteiger partial charge in [0, 0.05) is 10.5 Å². The number of aliphatic hydroxyl groups excluding tert-OH is 1. The average molecular weight is 314 g/mol. The molecular formula is C13H16BrNO3. The molecule has 0 heterocycles. The minimum Gasteiger partial charge on any atom is -0.481 e. The van der Waals surface area contributed by atoms with Crippen LogP contribution in [0.25, 0.3) is 0 Å². The number of aliphatic hydroxyl groups is 1. The molecule has 1 aromatic rings. The Morgan fingerprint density at radius 1 is 1.56 bits per heavy atom. The summed E-state index contributed by atoms with van der Waals surface area (Å²) in [6.45, 7) is 1.71. The molecule has 0 aliphatic heterocycles. The predicted molar refractivity (Wildman–Crippen MR) is 71.4 cm³/mol. The van der Waals surface area contributed by atoms with Crippen molar-refractivity contribution >= 4 is 21.8 Å². The third-order valence-corrected chi connectivity index (χ3v) is 3.43. The summed E-state index contributed by atoms with van der Waals surface area (Å²) in [6, 6.07) is 7.46. The van der Waals surface area contributed by atoms with Gasteiger partial charge in [0.05, 0.1) is 6.10 Å². The number of amides is 1. The molecule has 2 N–H and O–H groups in total. The van der Waals surface area contributed by atoms with Crippen LogP contribution in [0.15, 0.2) is 28.7 Å². The standard InChI is InChI=1S/C13H16BrNO3/c1-8(13(17)15-10-6-11(16)7-10)18-12-4-2-3-9(14)5-12/h2-5,8,10-11,16H,6-7H2,1H3,(H,15,17). The zero-order valence-corrected chi connectivity index (χ0v) is 11.7. The highest BCUT2D eigenvalue weighted by atomic mass is 79.9. The Labute approximate surface area is 114 Å². The molecule has 1 aliphatic carbocycles. The van der Waals surface area contributed by atoms with Gasteiger partial charge < -0.3 is 15.2 Å². The van der Waals surface area contributed by atoms with Crippen LogP contribution in [0.5, 0.6) is 5.75 Å². The van der Waals surface area contributed by atoms with Gasteiger partial charge in [0.15, 0.2) is 6.10 Å². The molecule has 1 fully saturated rings. The Morgan fingerprint density at radius 3 is 2.89 bits per heavy atom. The summed E-state index contributed by atoms with van der Waals surface area (Å²) in [5.41, 5.74) is 0. The molecule has 1 atom stereocenters. The van der Waals surface area contributed by atoms with Gasteiger partial charge in [0.2, 0.25) is 0 Å². The minimum absolute atomic E-state index is 0.0843. The Hall–Kier alpha value is -1.07. The summed E-state index contributed by atoms with van der Waals surface area (Å²) in [7, 11) is 0. The fourth-order valence-electron chi connectivity index (χ4n) is 1.82. The molecule has 0 spiro atoms. The fourth-order valence-corrected chi connectivity index (χ4v) is 2.20. The van der Waals surface area contributed by atoms with Crippen molar-refractivity contribution in [2.75, 3.05) is 0 Å². The van der Waals surface area contributed by atoms with Crippen LogP contribution in [-0.2, 0) is 4.79 Å². The van der Waals surface area contributed by atoms with E-state index in [9.17, 15) is 4.79 Å². The number of ether oxygens (including phenoxy) is 1. The van der Waals surface area contributed by atoms with Crippen molar-refractivity contribution in [3.05, 3.63) is 28.7 Å². The lowest BCUT2D eigenvalue weighted by Gasteiger charge is -2.32. The highest BCUT2D eigenvalue weighted by Crippen LogP contribution is 2.21. The van der Waals surface area contributed by atoms with E-state index in [0.717, 1.165) is 4.47 Å². The van der Waals surface area contributed by atoms with Crippen LogP contribution in [0.4, 0.5) is 0 Å². The van der Waals surface area contributed by atoms with Crippen molar-refractivity contribution < 1.29 is 14.6 Å². The lowest BCUT2D eigenvalue weighted by molar-refractivity contribution is -0.129. The molecule has 4 nitrogen and oxygen atoms in total. The number of benzene rings is 1. The van der Waals surface area contributed by atoms with Gasteiger partial charge in [-0.3, -0.25) is 4.79 Å². The number of carbonyl (C=O) groups excluding carboxylic acids is 1. The second-order valence-corrected chi connectivity index (χ2v) is 5.46. The first kappa shape index (κ1) is 13.4. The number of rotatable bonds is 4. The lowest BCUT2D eigenvalue weighted by Crippen LogP contribution is -2.50. The molecule has 98 valence electrons. The summed E-state index contributed by atoms with van der Waals surface area (Å²) < 4.78 is 6.46. The fraction of sp³-hybridized carbons (Fsp3) is 0.462. The lowest BCUT2D eigenvalue weighted by atomic mass is 9.89. The maximum absolute atomic E-state index is 11.8. The molecule has 2 rings (SSSR count). The monoisotopic (exact) mass is 313 g/mol. The Kier molecular flexibility index (Phi) is 4.24. The van der Waals surface area contributed by atoms with Crippen LogP contribution in [0.1, 0.15) is 19.8 Å². The first-order valence-corrected chi connectivity index (χ1v) is 6.74. The molecule has 1 amide bonds. The average Bonchev–Trinajstić information content (AvgIpc) is 2.26. The highest BCUT2D eigenvalue weighted by molar-refractivity contribution is 9.10. The topological polar surface area (TPSA) is 58.6 Å². The van der Waals surface area contributed by atoms with Crippen molar-refractivity contribution in [2.45, 2.75) is 38.0 Å². The largest absolute Gasteiger partial charge is 0.481 e. The molecule has 1 saturated carbocycles. The van der Waals surface area contributed by atoms with E-state index in [2.05, 4.69) is 21.2 Å². The van der Waals surface area contributed by atoms with Gasteiger partial charge in [-0.1, -0.05) is 22.0 Å². The van der Waals surface area contributed by atoms with Gasteiger partial charge in [-0.15, -0.1) is 0 Å². The first-order chi connectivity index (χ1) is 8.54. The first-order valence-electron chi connectivity index (χ1n) is 5.95. The maximum Gasteiger partial charge on any atom is 0.260 e. The molecule has 1 aromatic carbocycles. The van der Waals surface area contributed by atoms with E-state index in [0.29, 0.717) is 18.6 Å². The normalized spacial score (nSPS) is 23.9. The summed E-state index contributed by atoms with van der Waals surface area (Å²) in [6.07, 6.45) is 0.457. The van der Waals surface area contributed by atoms with E-state index in [4.69, 9.17) is 9.84 Å². The molecular weight excluding hydrogens is 298 g/mol. The van der Waals surface area contributed by atoms with Gasteiger partial charge in [-0.05, 0) is 38.0 Å². The van der Waals surface area contributed by atoms with Crippen LogP contribution in [0.2, 0.25) is 0 Å². The van der Waals surface area contributed by atoms with Crippen LogP contribution in [0.3, 0.4) is 0 Å². The van der Waals surface area contributed by atoms with E-state index in [1.54, 1.807) is 6.92 Å². The van der Waals surface area contributed by atoms with Crippen molar-refractivity contribution in [1.82, 2.24) is 5.32 Å². The predicted octanol–water partition coefficient (Wildman–Crippen LogP) is 1.86. The quantitative estimate of drug-likeness (QED) is 0.892. The van der Waals surface area contributed by atoms with Crippen LogP contribution in [-0.4, -0.2) is 29.3 Å². The number of nitrogens with one attached hydrogen (secondary N) is 1. The minimum atomic E-state index is -0.544. The molecule has 0 bridgehead atoms. The number of hydrogen-bond donors (Lipinski definition) is 2. The third kappa shape index (κ3) is 3.46. The second kappa shape index (κ2) is 5.71. The van der Waals surface area contributed by atoms with E-state index >= 15 is 0 Å². The Bertz CT molecular complexity index is 432. The van der Waals surface area contributed by atoms with Crippen LogP contribution < -0.4 is 10.1 Å². The van der Waals surface area contributed by atoms with E-state index in [1.807, 2.05) is 24.3 Å². The van der Waals surface area contributed by atoms with Gasteiger partial charge in [0.1, 0.15) is 5.75 Å². The molecule has 0 saturated heterocycles. The van der Waals surface area contributed by atoms with Gasteiger partial charge >= 0.3 is 0 Å². The zero-order valence-electron chi connectivity index (χ0n) is 10.1. The van der Waals surface area contributed by atoms with Gasteiger partial charge in [-0.25, -0.2) is 0 Å². The molecule has 1 aliphatic rings. The molecule has 0 aromatic heterocycles. The van der Waals surface area contributed by atoms with Gasteiger partial charge in [-0.2, -0.15) is 0 Å². The second-order valence-electron chi connectivity index (χ2n) is 4.55. The molecule has 0 radical (unpaired) electrons. The molecule has 5 heteroatoms. The maximum atomic E-state index is 11.8. The van der Waals surface area contributed by atoms with Crippen molar-refractivity contribution in [3.8, 4) is 5.75 Å². The number of halogens is 1. The third-order valence-electron chi connectivity index (χ3n) is 2.94. The number of carbonyl (C=O) groups is 1. The smallest absolute Gasteiger partial charge is 0.260 e. The molecule has 18 heavy (non-hydrogen) atoms.